The Morgan fingerprint density at radius 3 is 2.91 bits per heavy atom. The van der Waals surface area contributed by atoms with Gasteiger partial charge < -0.3 is 4.74 Å². The maximum atomic E-state index is 5.87. The van der Waals surface area contributed by atoms with Crippen molar-refractivity contribution in [3.63, 3.8) is 0 Å². The van der Waals surface area contributed by atoms with Crippen molar-refractivity contribution in [1.29, 1.82) is 0 Å². The summed E-state index contributed by atoms with van der Waals surface area (Å²) in [6.45, 7) is 1.57. The van der Waals surface area contributed by atoms with Crippen molar-refractivity contribution in [3.05, 3.63) is 29.0 Å². The van der Waals surface area contributed by atoms with Crippen LogP contribution >= 0.6 is 11.6 Å². The Kier molecular flexibility index (Phi) is 1.80. The van der Waals surface area contributed by atoms with Crippen LogP contribution in [0.1, 0.15) is 11.5 Å². The second-order valence-corrected chi connectivity index (χ2v) is 2.98. The fraction of sp³-hybridized carbons (Fsp3) is 0.375. The monoisotopic (exact) mass is 169 g/mol. The van der Waals surface area contributed by atoms with Crippen LogP contribution in [-0.4, -0.2) is 18.2 Å². The average Bonchev–Trinajstić information content (AvgIpc) is 1.90. The van der Waals surface area contributed by atoms with Crippen molar-refractivity contribution in [3.8, 4) is 0 Å². The summed E-state index contributed by atoms with van der Waals surface area (Å²) in [6.07, 6.45) is 1.70. The third-order valence-corrected chi connectivity index (χ3v) is 2.18. The molecule has 0 radical (unpaired) electrons. The topological polar surface area (TPSA) is 22.1 Å². The number of hydrogen-bond donors (Lipinski definition) is 0. The molecule has 2 heterocycles. The first-order valence-electron chi connectivity index (χ1n) is 3.56. The van der Waals surface area contributed by atoms with Crippen LogP contribution < -0.4 is 0 Å². The molecular formula is C8H8ClNO. The molecule has 0 aliphatic carbocycles. The highest BCUT2D eigenvalue weighted by molar-refractivity contribution is 6.30. The summed E-state index contributed by atoms with van der Waals surface area (Å²) >= 11 is 5.87. The number of pyridine rings is 1. The number of nitrogens with zero attached hydrogens (tertiary/aromatic N) is 1. The standard InChI is InChI=1S/C8H8ClNO/c9-8-7(2-1-3-10-8)6-4-11-5-6/h1-3,6H,4-5H2. The van der Waals surface area contributed by atoms with Gasteiger partial charge in [0, 0.05) is 12.1 Å². The molecule has 3 heteroatoms. The van der Waals surface area contributed by atoms with E-state index in [2.05, 4.69) is 4.98 Å². The van der Waals surface area contributed by atoms with Crippen LogP contribution in [0.3, 0.4) is 0 Å². The normalized spacial score (nSPS) is 17.9. The lowest BCUT2D eigenvalue weighted by atomic mass is 10.00. The molecule has 11 heavy (non-hydrogen) atoms. The summed E-state index contributed by atoms with van der Waals surface area (Å²) in [5.41, 5.74) is 1.11. The zero-order valence-electron chi connectivity index (χ0n) is 5.96. The van der Waals surface area contributed by atoms with E-state index in [1.165, 1.54) is 0 Å². The summed E-state index contributed by atoms with van der Waals surface area (Å²) in [4.78, 5) is 3.99. The molecule has 0 atom stereocenters. The minimum Gasteiger partial charge on any atom is -0.380 e. The fourth-order valence-corrected chi connectivity index (χ4v) is 1.39. The van der Waals surface area contributed by atoms with Crippen molar-refractivity contribution in [2.45, 2.75) is 5.92 Å². The van der Waals surface area contributed by atoms with Gasteiger partial charge in [-0.1, -0.05) is 17.7 Å². The van der Waals surface area contributed by atoms with E-state index in [1.54, 1.807) is 6.20 Å². The van der Waals surface area contributed by atoms with Gasteiger partial charge in [0.15, 0.2) is 0 Å². The highest BCUT2D eigenvalue weighted by Crippen LogP contribution is 2.27. The predicted molar refractivity (Wildman–Crippen MR) is 42.8 cm³/mol. The number of aromatic nitrogens is 1. The largest absolute Gasteiger partial charge is 0.380 e. The van der Waals surface area contributed by atoms with E-state index in [1.807, 2.05) is 12.1 Å². The Bertz CT molecular complexity index is 260. The molecule has 1 aliphatic rings. The Hall–Kier alpha value is -0.600. The lowest BCUT2D eigenvalue weighted by Gasteiger charge is -2.26. The van der Waals surface area contributed by atoms with Crippen LogP contribution in [0.2, 0.25) is 5.15 Å². The third kappa shape index (κ3) is 1.24. The van der Waals surface area contributed by atoms with Crippen LogP contribution in [0.25, 0.3) is 0 Å². The number of halogens is 1. The van der Waals surface area contributed by atoms with Gasteiger partial charge in [0.05, 0.1) is 13.2 Å². The molecule has 0 N–H and O–H groups in total. The van der Waals surface area contributed by atoms with Crippen molar-refractivity contribution in [2.75, 3.05) is 13.2 Å². The zero-order chi connectivity index (χ0) is 7.68. The highest BCUT2D eigenvalue weighted by Gasteiger charge is 2.22. The second-order valence-electron chi connectivity index (χ2n) is 2.62. The molecule has 58 valence electrons. The van der Waals surface area contributed by atoms with Gasteiger partial charge in [-0.2, -0.15) is 0 Å². The van der Waals surface area contributed by atoms with Crippen LogP contribution in [-0.2, 0) is 4.74 Å². The predicted octanol–water partition coefficient (Wildman–Crippen LogP) is 1.85. The summed E-state index contributed by atoms with van der Waals surface area (Å²) in [5, 5.41) is 0.612. The van der Waals surface area contributed by atoms with Crippen LogP contribution in [0.15, 0.2) is 18.3 Å². The van der Waals surface area contributed by atoms with Gasteiger partial charge in [-0.15, -0.1) is 0 Å². The molecule has 1 saturated heterocycles. The van der Waals surface area contributed by atoms with E-state index in [0.29, 0.717) is 11.1 Å². The van der Waals surface area contributed by atoms with Gasteiger partial charge in [0.1, 0.15) is 5.15 Å². The molecule has 0 amide bonds. The van der Waals surface area contributed by atoms with Crippen LogP contribution in [0.4, 0.5) is 0 Å². The quantitative estimate of drug-likeness (QED) is 0.599. The Morgan fingerprint density at radius 1 is 1.55 bits per heavy atom. The molecule has 0 aromatic carbocycles. The first-order valence-corrected chi connectivity index (χ1v) is 3.94. The molecule has 0 spiro atoms. The molecule has 2 rings (SSSR count). The number of hydrogen-bond acceptors (Lipinski definition) is 2. The van der Waals surface area contributed by atoms with Crippen molar-refractivity contribution >= 4 is 11.6 Å². The zero-order valence-corrected chi connectivity index (χ0v) is 6.71. The maximum absolute atomic E-state index is 5.87. The van der Waals surface area contributed by atoms with E-state index in [9.17, 15) is 0 Å². The molecule has 1 aliphatic heterocycles. The molecule has 1 aromatic rings. The first-order chi connectivity index (χ1) is 5.38. The third-order valence-electron chi connectivity index (χ3n) is 1.87. The van der Waals surface area contributed by atoms with Gasteiger partial charge in [0.2, 0.25) is 0 Å². The van der Waals surface area contributed by atoms with Gasteiger partial charge in [-0.25, -0.2) is 4.98 Å². The minimum atomic E-state index is 0.469. The summed E-state index contributed by atoms with van der Waals surface area (Å²) in [5.74, 6) is 0.469. The van der Waals surface area contributed by atoms with Gasteiger partial charge in [0.25, 0.3) is 0 Å². The Balaban J connectivity index is 2.28. The lowest BCUT2D eigenvalue weighted by molar-refractivity contribution is 0.00833. The van der Waals surface area contributed by atoms with E-state index >= 15 is 0 Å². The smallest absolute Gasteiger partial charge is 0.132 e. The van der Waals surface area contributed by atoms with Gasteiger partial charge in [-0.3, -0.25) is 0 Å². The molecule has 0 saturated carbocycles. The lowest BCUT2D eigenvalue weighted by Crippen LogP contribution is -2.25. The first kappa shape index (κ1) is 7.07. The van der Waals surface area contributed by atoms with Crippen molar-refractivity contribution in [1.82, 2.24) is 4.98 Å². The molecular weight excluding hydrogens is 162 g/mol. The van der Waals surface area contributed by atoms with E-state index in [0.717, 1.165) is 18.8 Å². The second kappa shape index (κ2) is 2.80. The summed E-state index contributed by atoms with van der Waals surface area (Å²) in [6, 6.07) is 3.90. The molecule has 1 fully saturated rings. The highest BCUT2D eigenvalue weighted by atomic mass is 35.5. The molecule has 2 nitrogen and oxygen atoms in total. The van der Waals surface area contributed by atoms with Crippen molar-refractivity contribution < 1.29 is 4.74 Å². The van der Waals surface area contributed by atoms with Crippen LogP contribution in [0.5, 0.6) is 0 Å². The van der Waals surface area contributed by atoms with E-state index in [-0.39, 0.29) is 0 Å². The Labute approximate surface area is 70.2 Å². The summed E-state index contributed by atoms with van der Waals surface area (Å²) in [7, 11) is 0. The van der Waals surface area contributed by atoms with Crippen LogP contribution in [0, 0.1) is 0 Å². The minimum absolute atomic E-state index is 0.469. The fourth-order valence-electron chi connectivity index (χ4n) is 1.12. The van der Waals surface area contributed by atoms with Crippen molar-refractivity contribution in [2.24, 2.45) is 0 Å². The summed E-state index contributed by atoms with van der Waals surface area (Å²) < 4.78 is 5.06. The SMILES string of the molecule is Clc1ncccc1C1COC1. The number of rotatable bonds is 1. The van der Waals surface area contributed by atoms with Gasteiger partial charge in [-0.05, 0) is 11.6 Å². The Morgan fingerprint density at radius 2 is 2.36 bits per heavy atom. The van der Waals surface area contributed by atoms with E-state index < -0.39 is 0 Å². The van der Waals surface area contributed by atoms with E-state index in [4.69, 9.17) is 16.3 Å². The van der Waals surface area contributed by atoms with Gasteiger partial charge >= 0.3 is 0 Å². The number of ether oxygens (including phenoxy) is 1. The molecule has 0 bridgehead atoms. The average molecular weight is 170 g/mol. The maximum Gasteiger partial charge on any atom is 0.132 e. The molecule has 1 aromatic heterocycles. The molecule has 0 unspecified atom stereocenters.